The van der Waals surface area contributed by atoms with Crippen LogP contribution < -0.4 is 5.32 Å². The minimum atomic E-state index is 0.437. The number of ether oxygens (including phenoxy) is 1. The molecular weight excluding hydrogens is 236 g/mol. The molecule has 0 bridgehead atoms. The van der Waals surface area contributed by atoms with Crippen molar-refractivity contribution in [2.24, 2.45) is 11.3 Å². The van der Waals surface area contributed by atoms with Crippen molar-refractivity contribution in [1.29, 1.82) is 0 Å². The summed E-state index contributed by atoms with van der Waals surface area (Å²) in [5.74, 6) is 0.745. The minimum Gasteiger partial charge on any atom is -0.384 e. The van der Waals surface area contributed by atoms with Gasteiger partial charge in [-0.1, -0.05) is 27.7 Å². The van der Waals surface area contributed by atoms with Gasteiger partial charge < -0.3 is 15.0 Å². The van der Waals surface area contributed by atoms with E-state index >= 15 is 0 Å². The topological polar surface area (TPSA) is 24.5 Å². The maximum absolute atomic E-state index is 5.30. The van der Waals surface area contributed by atoms with E-state index in [0.29, 0.717) is 11.5 Å². The predicted octanol–water partition coefficient (Wildman–Crippen LogP) is 2.76. The average molecular weight is 270 g/mol. The quantitative estimate of drug-likeness (QED) is 0.697. The Labute approximate surface area is 120 Å². The van der Waals surface area contributed by atoms with Crippen molar-refractivity contribution in [3.8, 4) is 0 Å². The molecule has 114 valence electrons. The molecule has 3 heteroatoms. The Morgan fingerprint density at radius 3 is 2.53 bits per heavy atom. The summed E-state index contributed by atoms with van der Waals surface area (Å²) >= 11 is 0. The van der Waals surface area contributed by atoms with Crippen LogP contribution in [0.5, 0.6) is 0 Å². The molecular formula is C16H34N2O. The van der Waals surface area contributed by atoms with E-state index in [0.717, 1.165) is 19.1 Å². The summed E-state index contributed by atoms with van der Waals surface area (Å²) in [6, 6.07) is 0.581. The van der Waals surface area contributed by atoms with Gasteiger partial charge in [-0.2, -0.15) is 0 Å². The van der Waals surface area contributed by atoms with Gasteiger partial charge in [0.25, 0.3) is 0 Å². The van der Waals surface area contributed by atoms with E-state index in [1.165, 1.54) is 38.9 Å². The van der Waals surface area contributed by atoms with Crippen molar-refractivity contribution in [2.75, 3.05) is 39.9 Å². The van der Waals surface area contributed by atoms with Crippen LogP contribution in [0.2, 0.25) is 0 Å². The van der Waals surface area contributed by atoms with E-state index in [2.05, 4.69) is 37.9 Å². The molecule has 0 aromatic rings. The normalized spacial score (nSPS) is 21.5. The fraction of sp³-hybridized carbons (Fsp3) is 1.00. The number of hydrogen-bond acceptors (Lipinski definition) is 3. The largest absolute Gasteiger partial charge is 0.384 e. The number of nitrogens with one attached hydrogen (secondary N) is 1. The molecule has 1 N–H and O–H groups in total. The van der Waals surface area contributed by atoms with Crippen LogP contribution in [0, 0.1) is 11.3 Å². The lowest BCUT2D eigenvalue weighted by Gasteiger charge is -2.36. The van der Waals surface area contributed by atoms with Crippen molar-refractivity contribution in [2.45, 2.75) is 53.0 Å². The summed E-state index contributed by atoms with van der Waals surface area (Å²) in [4.78, 5) is 2.65. The van der Waals surface area contributed by atoms with Gasteiger partial charge in [0, 0.05) is 32.8 Å². The van der Waals surface area contributed by atoms with Crippen LogP contribution in [0.4, 0.5) is 0 Å². The Morgan fingerprint density at radius 1 is 1.32 bits per heavy atom. The van der Waals surface area contributed by atoms with Gasteiger partial charge in [-0.15, -0.1) is 0 Å². The van der Waals surface area contributed by atoms with E-state index in [-0.39, 0.29) is 0 Å². The van der Waals surface area contributed by atoms with Crippen LogP contribution in [-0.2, 0) is 4.74 Å². The molecule has 1 rings (SSSR count). The van der Waals surface area contributed by atoms with Crippen molar-refractivity contribution >= 4 is 0 Å². The van der Waals surface area contributed by atoms with E-state index in [1.807, 2.05) is 7.11 Å². The highest BCUT2D eigenvalue weighted by atomic mass is 16.5. The standard InChI is InChI=1S/C16H34N2O/c1-6-16(7-2,12-17-14(3)4)13-18-9-8-15(10-18)11-19-5/h14-15,17H,6-13H2,1-5H3. The van der Waals surface area contributed by atoms with Crippen LogP contribution in [0.15, 0.2) is 0 Å². The van der Waals surface area contributed by atoms with Gasteiger partial charge in [-0.3, -0.25) is 0 Å². The van der Waals surface area contributed by atoms with E-state index in [1.54, 1.807) is 0 Å². The smallest absolute Gasteiger partial charge is 0.0503 e. The molecule has 1 heterocycles. The number of methoxy groups -OCH3 is 1. The average Bonchev–Trinajstić information content (AvgIpc) is 2.82. The van der Waals surface area contributed by atoms with E-state index < -0.39 is 0 Å². The summed E-state index contributed by atoms with van der Waals surface area (Å²) in [6.45, 7) is 14.9. The van der Waals surface area contributed by atoms with Gasteiger partial charge >= 0.3 is 0 Å². The second-order valence-electron chi connectivity index (χ2n) is 6.59. The summed E-state index contributed by atoms with van der Waals surface area (Å²) in [5, 5.41) is 3.65. The molecule has 0 aromatic heterocycles. The predicted molar refractivity (Wildman–Crippen MR) is 82.6 cm³/mol. The van der Waals surface area contributed by atoms with Gasteiger partial charge in [-0.25, -0.2) is 0 Å². The Bertz CT molecular complexity index is 239. The molecule has 1 unspecified atom stereocenters. The number of rotatable bonds is 9. The van der Waals surface area contributed by atoms with Crippen LogP contribution >= 0.6 is 0 Å². The maximum atomic E-state index is 5.30. The summed E-state index contributed by atoms with van der Waals surface area (Å²) < 4.78 is 5.30. The maximum Gasteiger partial charge on any atom is 0.0503 e. The first-order valence-electron chi connectivity index (χ1n) is 8.00. The highest BCUT2D eigenvalue weighted by Crippen LogP contribution is 2.29. The summed E-state index contributed by atoms with van der Waals surface area (Å²) in [6.07, 6.45) is 3.82. The third-order valence-electron chi connectivity index (χ3n) is 4.72. The molecule has 0 radical (unpaired) electrons. The van der Waals surface area contributed by atoms with Crippen LogP contribution in [0.25, 0.3) is 0 Å². The Hall–Kier alpha value is -0.120. The fourth-order valence-corrected chi connectivity index (χ4v) is 3.10. The zero-order chi connectivity index (χ0) is 14.3. The summed E-state index contributed by atoms with van der Waals surface area (Å²) in [7, 11) is 1.82. The molecule has 0 amide bonds. The molecule has 1 aliphatic rings. The van der Waals surface area contributed by atoms with Crippen molar-refractivity contribution < 1.29 is 4.74 Å². The number of hydrogen-bond donors (Lipinski definition) is 1. The Kier molecular flexibility index (Phi) is 7.33. The Morgan fingerprint density at radius 2 is 2.00 bits per heavy atom. The van der Waals surface area contributed by atoms with Gasteiger partial charge in [0.05, 0.1) is 6.61 Å². The molecule has 19 heavy (non-hydrogen) atoms. The third kappa shape index (κ3) is 5.41. The Balaban J connectivity index is 2.49. The fourth-order valence-electron chi connectivity index (χ4n) is 3.10. The zero-order valence-corrected chi connectivity index (χ0v) is 13.7. The third-order valence-corrected chi connectivity index (χ3v) is 4.72. The lowest BCUT2D eigenvalue weighted by Crippen LogP contribution is -2.44. The second kappa shape index (κ2) is 8.23. The van der Waals surface area contributed by atoms with Gasteiger partial charge in [0.2, 0.25) is 0 Å². The van der Waals surface area contributed by atoms with Gasteiger partial charge in [0.15, 0.2) is 0 Å². The molecule has 0 saturated carbocycles. The SMILES string of the molecule is CCC(CC)(CNC(C)C)CN1CCC(COC)C1. The lowest BCUT2D eigenvalue weighted by atomic mass is 9.81. The monoisotopic (exact) mass is 270 g/mol. The first-order valence-corrected chi connectivity index (χ1v) is 8.00. The minimum absolute atomic E-state index is 0.437. The molecule has 0 spiro atoms. The first kappa shape index (κ1) is 16.9. The molecule has 1 aliphatic heterocycles. The summed E-state index contributed by atoms with van der Waals surface area (Å²) in [5.41, 5.74) is 0.437. The van der Waals surface area contributed by atoms with Crippen LogP contribution in [0.1, 0.15) is 47.0 Å². The van der Waals surface area contributed by atoms with Crippen LogP contribution in [0.3, 0.4) is 0 Å². The number of likely N-dealkylation sites (tertiary alicyclic amines) is 1. The van der Waals surface area contributed by atoms with Crippen molar-refractivity contribution in [3.05, 3.63) is 0 Å². The zero-order valence-electron chi connectivity index (χ0n) is 13.7. The number of nitrogens with zero attached hydrogens (tertiary/aromatic N) is 1. The second-order valence-corrected chi connectivity index (χ2v) is 6.59. The first-order chi connectivity index (χ1) is 9.05. The highest BCUT2D eigenvalue weighted by Gasteiger charge is 2.32. The van der Waals surface area contributed by atoms with Crippen molar-refractivity contribution in [1.82, 2.24) is 10.2 Å². The van der Waals surface area contributed by atoms with Crippen LogP contribution in [-0.4, -0.2) is 50.8 Å². The highest BCUT2D eigenvalue weighted by molar-refractivity contribution is 4.86. The van der Waals surface area contributed by atoms with Gasteiger partial charge in [0.1, 0.15) is 0 Å². The van der Waals surface area contributed by atoms with Crippen molar-refractivity contribution in [3.63, 3.8) is 0 Å². The molecule has 1 atom stereocenters. The lowest BCUT2D eigenvalue weighted by molar-refractivity contribution is 0.129. The van der Waals surface area contributed by atoms with E-state index in [4.69, 9.17) is 4.74 Å². The van der Waals surface area contributed by atoms with Gasteiger partial charge in [-0.05, 0) is 37.1 Å². The molecule has 1 saturated heterocycles. The molecule has 1 fully saturated rings. The molecule has 3 nitrogen and oxygen atoms in total. The molecule has 0 aromatic carbocycles. The molecule has 0 aliphatic carbocycles. The van der Waals surface area contributed by atoms with E-state index in [9.17, 15) is 0 Å².